The van der Waals surface area contributed by atoms with Crippen molar-refractivity contribution >= 4 is 11.6 Å². The Labute approximate surface area is 113 Å². The van der Waals surface area contributed by atoms with Gasteiger partial charge >= 0.3 is 0 Å². The molecule has 1 fully saturated rings. The number of nitrogens with zero attached hydrogens (tertiary/aromatic N) is 2. The van der Waals surface area contributed by atoms with Gasteiger partial charge in [0.25, 0.3) is 5.91 Å². The highest BCUT2D eigenvalue weighted by atomic mass is 16.5. The van der Waals surface area contributed by atoms with Gasteiger partial charge in [-0.2, -0.15) is 5.10 Å². The normalized spacial score (nSPS) is 23.3. The molecule has 0 saturated carbocycles. The van der Waals surface area contributed by atoms with Crippen LogP contribution in [0.3, 0.4) is 0 Å². The summed E-state index contributed by atoms with van der Waals surface area (Å²) in [5, 5.41) is 7.29. The van der Waals surface area contributed by atoms with Gasteiger partial charge in [0.2, 0.25) is 0 Å². The topological polar surface area (TPSA) is 82.2 Å². The van der Waals surface area contributed by atoms with E-state index in [0.29, 0.717) is 24.4 Å². The lowest BCUT2D eigenvalue weighted by molar-refractivity contribution is 0.0270. The molecule has 1 aliphatic heterocycles. The maximum atomic E-state index is 12.4. The van der Waals surface area contributed by atoms with Crippen LogP contribution in [0.1, 0.15) is 42.9 Å². The van der Waals surface area contributed by atoms with Gasteiger partial charge in [0.05, 0.1) is 23.5 Å². The van der Waals surface area contributed by atoms with E-state index in [0.717, 1.165) is 25.1 Å². The van der Waals surface area contributed by atoms with E-state index in [2.05, 4.69) is 10.4 Å². The zero-order valence-corrected chi connectivity index (χ0v) is 11.8. The summed E-state index contributed by atoms with van der Waals surface area (Å²) in [5.41, 5.74) is 7.34. The van der Waals surface area contributed by atoms with Crippen molar-refractivity contribution in [1.29, 1.82) is 0 Å². The summed E-state index contributed by atoms with van der Waals surface area (Å²) >= 11 is 0. The largest absolute Gasteiger partial charge is 0.395 e. The molecule has 106 valence electrons. The average molecular weight is 266 g/mol. The second-order valence-corrected chi connectivity index (χ2v) is 5.36. The molecule has 1 aromatic rings. The first kappa shape index (κ1) is 13.9. The second-order valence-electron chi connectivity index (χ2n) is 5.36. The molecular weight excluding hydrogens is 244 g/mol. The molecule has 1 atom stereocenters. The molecule has 0 aromatic carbocycles. The number of ether oxygens (including phenoxy) is 1. The quantitative estimate of drug-likeness (QED) is 0.850. The van der Waals surface area contributed by atoms with Gasteiger partial charge in [0, 0.05) is 13.7 Å². The highest BCUT2D eigenvalue weighted by molar-refractivity contribution is 5.98. The molecule has 1 unspecified atom stereocenters. The number of carbonyl (C=O) groups is 1. The summed E-state index contributed by atoms with van der Waals surface area (Å²) < 4.78 is 6.99. The van der Waals surface area contributed by atoms with Crippen LogP contribution in [0.25, 0.3) is 0 Å². The number of amides is 1. The molecular formula is C13H22N4O2. The van der Waals surface area contributed by atoms with Crippen molar-refractivity contribution in [1.82, 2.24) is 15.1 Å². The lowest BCUT2D eigenvalue weighted by Gasteiger charge is -2.34. The monoisotopic (exact) mass is 266 g/mol. The maximum absolute atomic E-state index is 12.4. The molecule has 19 heavy (non-hydrogen) atoms. The van der Waals surface area contributed by atoms with Crippen molar-refractivity contribution in [2.24, 2.45) is 7.05 Å². The molecule has 6 heteroatoms. The zero-order valence-electron chi connectivity index (χ0n) is 11.8. The predicted molar refractivity (Wildman–Crippen MR) is 72.9 cm³/mol. The van der Waals surface area contributed by atoms with Gasteiger partial charge in [-0.25, -0.2) is 0 Å². The minimum atomic E-state index is -0.321. The summed E-state index contributed by atoms with van der Waals surface area (Å²) in [4.78, 5) is 12.4. The predicted octanol–water partition coefficient (Wildman–Crippen LogP) is 0.864. The number of nitrogens with one attached hydrogen (secondary N) is 1. The van der Waals surface area contributed by atoms with E-state index in [1.807, 2.05) is 13.8 Å². The van der Waals surface area contributed by atoms with Crippen LogP contribution in [-0.4, -0.2) is 34.4 Å². The Morgan fingerprint density at radius 2 is 2.37 bits per heavy atom. The molecule has 6 nitrogen and oxygen atoms in total. The summed E-state index contributed by atoms with van der Waals surface area (Å²) in [5.74, 6) is -0.180. The van der Waals surface area contributed by atoms with Crippen LogP contribution in [0.2, 0.25) is 0 Å². The number of rotatable bonds is 3. The van der Waals surface area contributed by atoms with Crippen molar-refractivity contribution in [3.05, 3.63) is 11.4 Å². The van der Waals surface area contributed by atoms with Gasteiger partial charge in [-0.05, 0) is 26.2 Å². The van der Waals surface area contributed by atoms with Gasteiger partial charge < -0.3 is 15.8 Å². The van der Waals surface area contributed by atoms with Crippen LogP contribution < -0.4 is 11.1 Å². The van der Waals surface area contributed by atoms with Crippen LogP contribution in [0.4, 0.5) is 5.69 Å². The number of aryl methyl sites for hydroxylation is 2. The number of anilines is 1. The fourth-order valence-corrected chi connectivity index (χ4v) is 2.49. The van der Waals surface area contributed by atoms with Gasteiger partial charge in [0.15, 0.2) is 0 Å². The molecule has 0 aliphatic carbocycles. The number of hydrogen-bond donors (Lipinski definition) is 2. The molecule has 1 amide bonds. The highest BCUT2D eigenvalue weighted by Crippen LogP contribution is 2.21. The molecule has 0 spiro atoms. The Kier molecular flexibility index (Phi) is 3.80. The fraction of sp³-hybridized carbons (Fsp3) is 0.692. The van der Waals surface area contributed by atoms with Crippen molar-refractivity contribution in [3.8, 4) is 0 Å². The van der Waals surface area contributed by atoms with Crippen LogP contribution in [0.15, 0.2) is 0 Å². The van der Waals surface area contributed by atoms with Gasteiger partial charge in [-0.15, -0.1) is 0 Å². The third-order valence-corrected chi connectivity index (χ3v) is 3.56. The Morgan fingerprint density at radius 1 is 1.63 bits per heavy atom. The Morgan fingerprint density at radius 3 is 2.89 bits per heavy atom. The molecule has 1 saturated heterocycles. The molecule has 2 rings (SSSR count). The highest BCUT2D eigenvalue weighted by Gasteiger charge is 2.31. The van der Waals surface area contributed by atoms with Crippen LogP contribution >= 0.6 is 0 Å². The fourth-order valence-electron chi connectivity index (χ4n) is 2.49. The number of nitrogen functional groups attached to an aromatic ring is 1. The lowest BCUT2D eigenvalue weighted by Crippen LogP contribution is -2.52. The zero-order chi connectivity index (χ0) is 14.0. The number of nitrogens with two attached hydrogens (primary N) is 1. The summed E-state index contributed by atoms with van der Waals surface area (Å²) in [6.07, 6.45) is 2.59. The van der Waals surface area contributed by atoms with Gasteiger partial charge in [0.1, 0.15) is 5.69 Å². The molecule has 1 aliphatic rings. The minimum absolute atomic E-state index is 0.180. The third-order valence-electron chi connectivity index (χ3n) is 3.56. The summed E-state index contributed by atoms with van der Waals surface area (Å²) in [6, 6.07) is 0. The first-order valence-electron chi connectivity index (χ1n) is 6.68. The summed E-state index contributed by atoms with van der Waals surface area (Å²) in [7, 11) is 1.74. The van der Waals surface area contributed by atoms with Crippen LogP contribution in [-0.2, 0) is 18.2 Å². The van der Waals surface area contributed by atoms with Gasteiger partial charge in [-0.3, -0.25) is 9.48 Å². The maximum Gasteiger partial charge on any atom is 0.272 e. The molecule has 3 N–H and O–H groups in total. The first-order valence-corrected chi connectivity index (χ1v) is 6.68. The minimum Gasteiger partial charge on any atom is -0.395 e. The average Bonchev–Trinajstić information content (AvgIpc) is 2.64. The molecule has 0 bridgehead atoms. The SMILES string of the molecule is CCc1nn(C)c(C(=O)NC2(C)CCCOC2)c1N. The third kappa shape index (κ3) is 2.73. The van der Waals surface area contributed by atoms with Crippen LogP contribution in [0.5, 0.6) is 0 Å². The number of carbonyl (C=O) groups excluding carboxylic acids is 1. The van der Waals surface area contributed by atoms with Crippen molar-refractivity contribution in [2.75, 3.05) is 18.9 Å². The van der Waals surface area contributed by atoms with Gasteiger partial charge in [-0.1, -0.05) is 6.92 Å². The standard InChI is InChI=1S/C13H22N4O2/c1-4-9-10(14)11(17(3)16-9)12(18)15-13(2)6-5-7-19-8-13/h4-8,14H2,1-3H3,(H,15,18). The van der Waals surface area contributed by atoms with E-state index in [1.54, 1.807) is 11.7 Å². The Bertz CT molecular complexity index is 475. The van der Waals surface area contributed by atoms with E-state index >= 15 is 0 Å². The van der Waals surface area contributed by atoms with E-state index in [4.69, 9.17) is 10.5 Å². The number of aromatic nitrogens is 2. The molecule has 2 heterocycles. The second kappa shape index (κ2) is 5.21. The Hall–Kier alpha value is -1.56. The summed E-state index contributed by atoms with van der Waals surface area (Å²) in [6.45, 7) is 5.27. The van der Waals surface area contributed by atoms with Crippen LogP contribution in [0, 0.1) is 0 Å². The number of hydrogen-bond acceptors (Lipinski definition) is 4. The van der Waals surface area contributed by atoms with E-state index in [-0.39, 0.29) is 11.4 Å². The molecule has 0 radical (unpaired) electrons. The van der Waals surface area contributed by atoms with E-state index in [9.17, 15) is 4.79 Å². The Balaban J connectivity index is 2.18. The lowest BCUT2D eigenvalue weighted by atomic mass is 9.94. The van der Waals surface area contributed by atoms with E-state index < -0.39 is 0 Å². The first-order chi connectivity index (χ1) is 8.97. The van der Waals surface area contributed by atoms with Crippen molar-refractivity contribution in [3.63, 3.8) is 0 Å². The van der Waals surface area contributed by atoms with Crippen molar-refractivity contribution < 1.29 is 9.53 Å². The molecule has 1 aromatic heterocycles. The van der Waals surface area contributed by atoms with Crippen molar-refractivity contribution in [2.45, 2.75) is 38.6 Å². The smallest absolute Gasteiger partial charge is 0.272 e. The van der Waals surface area contributed by atoms with E-state index in [1.165, 1.54) is 0 Å².